The molecule has 0 aliphatic carbocycles. The van der Waals surface area contributed by atoms with Crippen molar-refractivity contribution < 1.29 is 9.32 Å². The van der Waals surface area contributed by atoms with Gasteiger partial charge in [-0.1, -0.05) is 5.16 Å². The zero-order valence-electron chi connectivity index (χ0n) is 16.5. The van der Waals surface area contributed by atoms with Gasteiger partial charge in [0.2, 0.25) is 0 Å². The molecule has 0 unspecified atom stereocenters. The highest BCUT2D eigenvalue weighted by Crippen LogP contribution is 2.24. The first-order valence-electron chi connectivity index (χ1n) is 9.19. The summed E-state index contributed by atoms with van der Waals surface area (Å²) in [7, 11) is 0. The van der Waals surface area contributed by atoms with E-state index in [1.54, 1.807) is 13.0 Å². The molecule has 0 saturated heterocycles. The highest BCUT2D eigenvalue weighted by atomic mass is 16.5. The predicted octanol–water partition coefficient (Wildman–Crippen LogP) is 3.92. The quantitative estimate of drug-likeness (QED) is 0.641. The first-order chi connectivity index (χ1) is 13.5. The van der Waals surface area contributed by atoms with Gasteiger partial charge in [0.05, 0.1) is 12.4 Å². The van der Waals surface area contributed by atoms with Crippen LogP contribution in [0.5, 0.6) is 0 Å². The largest absolute Gasteiger partial charge is 0.372 e. The number of nitrogens with one attached hydrogen (secondary N) is 2. The fourth-order valence-electron chi connectivity index (χ4n) is 2.83. The molecule has 0 bridgehead atoms. The van der Waals surface area contributed by atoms with Crippen molar-refractivity contribution in [3.05, 3.63) is 53.7 Å². The number of benzene rings is 1. The SMILES string of the molecule is CCN(CC)c1ccc(Nc2cnc(C(=O)Nc3cc(C)on3)cn2)c(C)c1. The van der Waals surface area contributed by atoms with Gasteiger partial charge in [-0.3, -0.25) is 4.79 Å². The molecular weight excluding hydrogens is 356 g/mol. The zero-order valence-corrected chi connectivity index (χ0v) is 16.5. The molecule has 0 aliphatic heterocycles. The number of aryl methyl sites for hydroxylation is 2. The summed E-state index contributed by atoms with van der Waals surface area (Å²) in [6.07, 6.45) is 2.95. The lowest BCUT2D eigenvalue weighted by atomic mass is 10.1. The minimum absolute atomic E-state index is 0.194. The van der Waals surface area contributed by atoms with Crippen molar-refractivity contribution in [1.82, 2.24) is 15.1 Å². The van der Waals surface area contributed by atoms with Gasteiger partial charge < -0.3 is 20.1 Å². The Hall–Kier alpha value is -3.42. The van der Waals surface area contributed by atoms with Crippen molar-refractivity contribution in [3.8, 4) is 0 Å². The Morgan fingerprint density at radius 3 is 2.43 bits per heavy atom. The maximum atomic E-state index is 12.2. The molecule has 3 rings (SSSR count). The summed E-state index contributed by atoms with van der Waals surface area (Å²) in [5.74, 6) is 1.12. The molecule has 0 fully saturated rings. The van der Waals surface area contributed by atoms with Crippen molar-refractivity contribution in [1.29, 1.82) is 0 Å². The molecule has 3 aromatic rings. The highest BCUT2D eigenvalue weighted by molar-refractivity contribution is 6.02. The lowest BCUT2D eigenvalue weighted by molar-refractivity contribution is 0.102. The Bertz CT molecular complexity index is 948. The number of hydrogen-bond donors (Lipinski definition) is 2. The van der Waals surface area contributed by atoms with Gasteiger partial charge in [0.25, 0.3) is 5.91 Å². The molecule has 0 aliphatic rings. The van der Waals surface area contributed by atoms with Gasteiger partial charge in [-0.15, -0.1) is 0 Å². The molecule has 2 heterocycles. The molecule has 0 radical (unpaired) electrons. The van der Waals surface area contributed by atoms with E-state index in [0.29, 0.717) is 17.4 Å². The van der Waals surface area contributed by atoms with E-state index in [1.807, 2.05) is 13.0 Å². The number of carbonyl (C=O) groups excluding carboxylic acids is 1. The van der Waals surface area contributed by atoms with Crippen LogP contribution in [-0.4, -0.2) is 34.1 Å². The molecule has 2 aromatic heterocycles. The Morgan fingerprint density at radius 2 is 1.86 bits per heavy atom. The number of nitrogens with zero attached hydrogens (tertiary/aromatic N) is 4. The smallest absolute Gasteiger partial charge is 0.277 e. The average Bonchev–Trinajstić information content (AvgIpc) is 3.10. The lowest BCUT2D eigenvalue weighted by Gasteiger charge is -2.22. The number of carbonyl (C=O) groups is 1. The topological polar surface area (TPSA) is 96.2 Å². The molecule has 8 heteroatoms. The van der Waals surface area contributed by atoms with Crippen LogP contribution in [0.1, 0.15) is 35.7 Å². The number of amides is 1. The third-order valence-corrected chi connectivity index (χ3v) is 4.36. The van der Waals surface area contributed by atoms with Gasteiger partial charge in [0, 0.05) is 30.5 Å². The van der Waals surface area contributed by atoms with E-state index >= 15 is 0 Å². The minimum atomic E-state index is -0.396. The van der Waals surface area contributed by atoms with Crippen LogP contribution in [-0.2, 0) is 0 Å². The van der Waals surface area contributed by atoms with Crippen molar-refractivity contribution in [2.45, 2.75) is 27.7 Å². The lowest BCUT2D eigenvalue weighted by Crippen LogP contribution is -2.21. The summed E-state index contributed by atoms with van der Waals surface area (Å²) in [5.41, 5.74) is 3.43. The van der Waals surface area contributed by atoms with Gasteiger partial charge in [-0.2, -0.15) is 0 Å². The normalized spacial score (nSPS) is 10.6. The Morgan fingerprint density at radius 1 is 1.07 bits per heavy atom. The second-order valence-electron chi connectivity index (χ2n) is 6.36. The molecular formula is C20H24N6O2. The summed E-state index contributed by atoms with van der Waals surface area (Å²) in [5, 5.41) is 9.58. The van der Waals surface area contributed by atoms with E-state index in [1.165, 1.54) is 18.1 Å². The second-order valence-corrected chi connectivity index (χ2v) is 6.36. The first kappa shape index (κ1) is 19.3. The van der Waals surface area contributed by atoms with E-state index in [2.05, 4.69) is 56.6 Å². The highest BCUT2D eigenvalue weighted by Gasteiger charge is 2.11. The summed E-state index contributed by atoms with van der Waals surface area (Å²) < 4.78 is 4.92. The maximum Gasteiger partial charge on any atom is 0.277 e. The molecule has 0 saturated carbocycles. The fraction of sp³-hybridized carbons (Fsp3) is 0.300. The van der Waals surface area contributed by atoms with E-state index < -0.39 is 5.91 Å². The number of aromatic nitrogens is 3. The van der Waals surface area contributed by atoms with Crippen LogP contribution >= 0.6 is 0 Å². The molecule has 0 spiro atoms. The van der Waals surface area contributed by atoms with Crippen LogP contribution in [0.15, 0.2) is 41.2 Å². The van der Waals surface area contributed by atoms with Crippen molar-refractivity contribution in [3.63, 3.8) is 0 Å². The summed E-state index contributed by atoms with van der Waals surface area (Å²) >= 11 is 0. The Kier molecular flexibility index (Phi) is 5.88. The fourth-order valence-corrected chi connectivity index (χ4v) is 2.83. The monoisotopic (exact) mass is 380 g/mol. The molecule has 1 aromatic carbocycles. The van der Waals surface area contributed by atoms with Gasteiger partial charge in [0.1, 0.15) is 17.3 Å². The molecule has 146 valence electrons. The summed E-state index contributed by atoms with van der Waals surface area (Å²) in [6, 6.07) is 7.88. The van der Waals surface area contributed by atoms with Crippen molar-refractivity contribution >= 4 is 28.9 Å². The maximum absolute atomic E-state index is 12.2. The van der Waals surface area contributed by atoms with Crippen LogP contribution < -0.4 is 15.5 Å². The third-order valence-electron chi connectivity index (χ3n) is 4.36. The molecule has 28 heavy (non-hydrogen) atoms. The van der Waals surface area contributed by atoms with Crippen LogP contribution in [0.4, 0.5) is 23.0 Å². The Balaban J connectivity index is 1.68. The van der Waals surface area contributed by atoms with Gasteiger partial charge in [-0.25, -0.2) is 9.97 Å². The number of rotatable bonds is 7. The van der Waals surface area contributed by atoms with Crippen LogP contribution in [0.2, 0.25) is 0 Å². The summed E-state index contributed by atoms with van der Waals surface area (Å²) in [6.45, 7) is 10.0. The van der Waals surface area contributed by atoms with Gasteiger partial charge >= 0.3 is 0 Å². The van der Waals surface area contributed by atoms with Crippen LogP contribution in [0.3, 0.4) is 0 Å². The predicted molar refractivity (Wildman–Crippen MR) is 109 cm³/mol. The van der Waals surface area contributed by atoms with Crippen molar-refractivity contribution in [2.75, 3.05) is 28.6 Å². The molecule has 8 nitrogen and oxygen atoms in total. The Labute approximate surface area is 164 Å². The van der Waals surface area contributed by atoms with Gasteiger partial charge in [0.15, 0.2) is 5.82 Å². The van der Waals surface area contributed by atoms with E-state index in [9.17, 15) is 4.79 Å². The van der Waals surface area contributed by atoms with E-state index in [4.69, 9.17) is 4.52 Å². The molecule has 0 atom stereocenters. The first-order valence-corrected chi connectivity index (χ1v) is 9.19. The van der Waals surface area contributed by atoms with Crippen molar-refractivity contribution in [2.24, 2.45) is 0 Å². The van der Waals surface area contributed by atoms with Gasteiger partial charge in [-0.05, 0) is 51.5 Å². The standard InChI is InChI=1S/C20H24N6O2/c1-5-26(6-2)15-7-8-16(13(3)9-15)23-19-12-21-17(11-22-19)20(27)24-18-10-14(4)28-25-18/h7-12H,5-6H2,1-4H3,(H,22,23)(H,24,25,27). The third kappa shape index (κ3) is 4.46. The summed E-state index contributed by atoms with van der Waals surface area (Å²) in [4.78, 5) is 22.9. The average molecular weight is 380 g/mol. The zero-order chi connectivity index (χ0) is 20.1. The van der Waals surface area contributed by atoms with Crippen LogP contribution in [0.25, 0.3) is 0 Å². The van der Waals surface area contributed by atoms with E-state index in [-0.39, 0.29) is 5.69 Å². The molecule has 2 N–H and O–H groups in total. The second kappa shape index (κ2) is 8.51. The number of hydrogen-bond acceptors (Lipinski definition) is 7. The van der Waals surface area contributed by atoms with Crippen LogP contribution in [0, 0.1) is 13.8 Å². The molecule has 1 amide bonds. The number of anilines is 4. The van der Waals surface area contributed by atoms with E-state index in [0.717, 1.165) is 24.3 Å². The minimum Gasteiger partial charge on any atom is -0.372 e.